The van der Waals surface area contributed by atoms with Gasteiger partial charge in [-0.2, -0.15) is 0 Å². The molecule has 5 heteroatoms. The van der Waals surface area contributed by atoms with Crippen LogP contribution in [0.2, 0.25) is 0 Å². The summed E-state index contributed by atoms with van der Waals surface area (Å²) in [7, 11) is 0. The van der Waals surface area contributed by atoms with E-state index in [0.717, 1.165) is 0 Å². The molecule has 0 bridgehead atoms. The lowest BCUT2D eigenvalue weighted by atomic mass is 10.1. The van der Waals surface area contributed by atoms with Crippen LogP contribution in [0.3, 0.4) is 0 Å². The molecule has 21 heavy (non-hydrogen) atoms. The van der Waals surface area contributed by atoms with Gasteiger partial charge in [0.05, 0.1) is 12.2 Å². The molecule has 0 saturated heterocycles. The number of aliphatic hydroxyl groups is 2. The summed E-state index contributed by atoms with van der Waals surface area (Å²) in [5.74, 6) is 4.72. The van der Waals surface area contributed by atoms with Crippen LogP contribution in [0.1, 0.15) is 35.7 Å². The summed E-state index contributed by atoms with van der Waals surface area (Å²) < 4.78 is 13.3. The van der Waals surface area contributed by atoms with Gasteiger partial charge >= 0.3 is 0 Å². The van der Waals surface area contributed by atoms with Crippen LogP contribution in [0, 0.1) is 17.7 Å². The molecule has 0 aliphatic carbocycles. The predicted molar refractivity (Wildman–Crippen MR) is 78.3 cm³/mol. The minimum absolute atomic E-state index is 0.0103. The predicted octanol–water partition coefficient (Wildman–Crippen LogP) is 1.40. The molecule has 1 aromatic rings. The second-order valence-electron chi connectivity index (χ2n) is 4.43. The van der Waals surface area contributed by atoms with Gasteiger partial charge in [-0.25, -0.2) is 4.39 Å². The molecule has 1 aromatic carbocycles. The van der Waals surface area contributed by atoms with Crippen LogP contribution >= 0.6 is 0 Å². The Kier molecular flexibility index (Phi) is 7.44. The van der Waals surface area contributed by atoms with Crippen LogP contribution in [0.15, 0.2) is 18.2 Å². The third-order valence-electron chi connectivity index (χ3n) is 2.93. The number of carbonyl (C=O) groups is 1. The van der Waals surface area contributed by atoms with Gasteiger partial charge in [0.25, 0.3) is 5.91 Å². The topological polar surface area (TPSA) is 60.8 Å². The summed E-state index contributed by atoms with van der Waals surface area (Å²) >= 11 is 0. The number of aliphatic hydroxyl groups excluding tert-OH is 2. The molecule has 1 amide bonds. The van der Waals surface area contributed by atoms with Gasteiger partial charge in [-0.3, -0.25) is 4.79 Å². The summed E-state index contributed by atoms with van der Waals surface area (Å²) in [6, 6.07) is 3.87. The van der Waals surface area contributed by atoms with E-state index in [0.29, 0.717) is 30.6 Å². The first kappa shape index (κ1) is 17.2. The van der Waals surface area contributed by atoms with Crippen molar-refractivity contribution in [2.75, 3.05) is 26.3 Å². The van der Waals surface area contributed by atoms with E-state index < -0.39 is 5.82 Å². The van der Waals surface area contributed by atoms with E-state index in [-0.39, 0.29) is 25.5 Å². The molecule has 0 unspecified atom stereocenters. The minimum atomic E-state index is -0.460. The maximum Gasteiger partial charge on any atom is 0.255 e. The van der Waals surface area contributed by atoms with Crippen molar-refractivity contribution in [3.05, 3.63) is 35.1 Å². The molecule has 0 fully saturated rings. The van der Waals surface area contributed by atoms with E-state index in [1.807, 2.05) is 6.92 Å². The molecule has 0 aliphatic rings. The number of halogens is 1. The average Bonchev–Trinajstić information content (AvgIpc) is 2.48. The molecule has 1 rings (SSSR count). The van der Waals surface area contributed by atoms with E-state index in [1.54, 1.807) is 4.90 Å². The first-order valence-electron chi connectivity index (χ1n) is 6.93. The SMILES string of the molecule is CCN(CCCO)C(=O)c1ccc(F)cc1C#CCCO. The van der Waals surface area contributed by atoms with Crippen LogP contribution in [0.4, 0.5) is 4.39 Å². The molecule has 0 saturated carbocycles. The van der Waals surface area contributed by atoms with Crippen molar-refractivity contribution in [1.82, 2.24) is 4.90 Å². The first-order chi connectivity index (χ1) is 10.1. The van der Waals surface area contributed by atoms with E-state index >= 15 is 0 Å². The molecular weight excluding hydrogens is 273 g/mol. The van der Waals surface area contributed by atoms with Crippen molar-refractivity contribution in [2.24, 2.45) is 0 Å². The van der Waals surface area contributed by atoms with Gasteiger partial charge in [0.1, 0.15) is 5.82 Å². The van der Waals surface area contributed by atoms with Crippen molar-refractivity contribution in [3.8, 4) is 11.8 Å². The third kappa shape index (κ3) is 5.18. The first-order valence-corrected chi connectivity index (χ1v) is 6.93. The Hall–Kier alpha value is -1.90. The standard InChI is InChI=1S/C16H20FNO3/c1-2-18(9-5-11-20)16(21)15-8-7-14(17)12-13(15)6-3-4-10-19/h7-8,12,19-20H,2,4-5,9-11H2,1H3. The van der Waals surface area contributed by atoms with E-state index in [2.05, 4.69) is 11.8 Å². The number of amides is 1. The number of benzene rings is 1. The monoisotopic (exact) mass is 293 g/mol. The van der Waals surface area contributed by atoms with Gasteiger partial charge in [0, 0.05) is 31.7 Å². The van der Waals surface area contributed by atoms with Crippen LogP contribution in [-0.4, -0.2) is 47.3 Å². The Morgan fingerprint density at radius 1 is 1.33 bits per heavy atom. The normalized spacial score (nSPS) is 9.90. The fourth-order valence-corrected chi connectivity index (χ4v) is 1.86. The maximum absolute atomic E-state index is 13.3. The Morgan fingerprint density at radius 2 is 2.10 bits per heavy atom. The summed E-state index contributed by atoms with van der Waals surface area (Å²) in [4.78, 5) is 14.0. The lowest BCUT2D eigenvalue weighted by molar-refractivity contribution is 0.0754. The molecule has 0 atom stereocenters. The zero-order valence-corrected chi connectivity index (χ0v) is 12.1. The van der Waals surface area contributed by atoms with Crippen LogP contribution < -0.4 is 0 Å². The molecule has 2 N–H and O–H groups in total. The highest BCUT2D eigenvalue weighted by atomic mass is 19.1. The zero-order valence-electron chi connectivity index (χ0n) is 12.1. The van der Waals surface area contributed by atoms with Gasteiger partial charge < -0.3 is 15.1 Å². The Balaban J connectivity index is 3.05. The van der Waals surface area contributed by atoms with Crippen LogP contribution in [0.25, 0.3) is 0 Å². The number of rotatable bonds is 6. The smallest absolute Gasteiger partial charge is 0.255 e. The lowest BCUT2D eigenvalue weighted by Gasteiger charge is -2.21. The molecule has 4 nitrogen and oxygen atoms in total. The van der Waals surface area contributed by atoms with Gasteiger partial charge in [-0.05, 0) is 31.5 Å². The molecule has 0 spiro atoms. The van der Waals surface area contributed by atoms with Crippen molar-refractivity contribution in [1.29, 1.82) is 0 Å². The zero-order chi connectivity index (χ0) is 15.7. The fourth-order valence-electron chi connectivity index (χ4n) is 1.86. The van der Waals surface area contributed by atoms with E-state index in [9.17, 15) is 9.18 Å². The maximum atomic E-state index is 13.3. The van der Waals surface area contributed by atoms with Crippen molar-refractivity contribution in [3.63, 3.8) is 0 Å². The fraction of sp³-hybridized carbons (Fsp3) is 0.438. The molecule has 114 valence electrons. The second-order valence-corrected chi connectivity index (χ2v) is 4.43. The summed E-state index contributed by atoms with van der Waals surface area (Å²) in [6.45, 7) is 2.71. The van der Waals surface area contributed by atoms with Crippen LogP contribution in [0.5, 0.6) is 0 Å². The lowest BCUT2D eigenvalue weighted by Crippen LogP contribution is -2.32. The largest absolute Gasteiger partial charge is 0.396 e. The number of nitrogens with zero attached hydrogens (tertiary/aromatic N) is 1. The van der Waals surface area contributed by atoms with Crippen LogP contribution in [-0.2, 0) is 0 Å². The molecule has 0 radical (unpaired) electrons. The quantitative estimate of drug-likeness (QED) is 0.780. The number of carbonyl (C=O) groups excluding carboxylic acids is 1. The van der Waals surface area contributed by atoms with E-state index in [1.165, 1.54) is 18.2 Å². The van der Waals surface area contributed by atoms with Crippen molar-refractivity contribution >= 4 is 5.91 Å². The Morgan fingerprint density at radius 3 is 2.71 bits per heavy atom. The molecular formula is C16H20FNO3. The van der Waals surface area contributed by atoms with Crippen molar-refractivity contribution < 1.29 is 19.4 Å². The summed E-state index contributed by atoms with van der Waals surface area (Å²) in [6.07, 6.45) is 0.762. The molecule has 0 aliphatic heterocycles. The Bertz CT molecular complexity index is 534. The molecule has 0 heterocycles. The van der Waals surface area contributed by atoms with Gasteiger partial charge in [0.15, 0.2) is 0 Å². The Labute approximate surface area is 124 Å². The number of hydrogen-bond acceptors (Lipinski definition) is 3. The van der Waals surface area contributed by atoms with Gasteiger partial charge in [-0.15, -0.1) is 0 Å². The van der Waals surface area contributed by atoms with Gasteiger partial charge in [-0.1, -0.05) is 11.8 Å². The van der Waals surface area contributed by atoms with E-state index in [4.69, 9.17) is 10.2 Å². The highest BCUT2D eigenvalue weighted by molar-refractivity contribution is 5.96. The van der Waals surface area contributed by atoms with Gasteiger partial charge in [0.2, 0.25) is 0 Å². The summed E-state index contributed by atoms with van der Waals surface area (Å²) in [5, 5.41) is 17.6. The second kappa shape index (κ2) is 9.11. The molecule has 0 aromatic heterocycles. The number of hydrogen-bond donors (Lipinski definition) is 2. The highest BCUT2D eigenvalue weighted by Crippen LogP contribution is 2.13. The third-order valence-corrected chi connectivity index (χ3v) is 2.93. The van der Waals surface area contributed by atoms with Crippen molar-refractivity contribution in [2.45, 2.75) is 19.8 Å². The highest BCUT2D eigenvalue weighted by Gasteiger charge is 2.17. The minimum Gasteiger partial charge on any atom is -0.396 e. The average molecular weight is 293 g/mol. The summed E-state index contributed by atoms with van der Waals surface area (Å²) in [5.41, 5.74) is 0.650.